The standard InChI is InChI=1S/C14H27NO3S/c1-5-7-9-15(10-8-6-2)12(16)11-19-14(3,4)13(17)18/h5-11H2,1-4H3,(H,17,18). The molecule has 0 rings (SSSR count). The third kappa shape index (κ3) is 7.45. The molecule has 0 bridgehead atoms. The highest BCUT2D eigenvalue weighted by Gasteiger charge is 2.29. The van der Waals surface area contributed by atoms with E-state index in [4.69, 9.17) is 5.11 Å². The summed E-state index contributed by atoms with van der Waals surface area (Å²) >= 11 is 1.20. The summed E-state index contributed by atoms with van der Waals surface area (Å²) in [4.78, 5) is 25.0. The number of nitrogens with zero attached hydrogens (tertiary/aromatic N) is 1. The number of hydrogen-bond acceptors (Lipinski definition) is 3. The van der Waals surface area contributed by atoms with Gasteiger partial charge in [-0.2, -0.15) is 0 Å². The van der Waals surface area contributed by atoms with E-state index in [1.54, 1.807) is 13.8 Å². The molecule has 4 nitrogen and oxygen atoms in total. The zero-order valence-corrected chi connectivity index (χ0v) is 13.4. The maximum absolute atomic E-state index is 12.1. The molecule has 0 unspecified atom stereocenters. The summed E-state index contributed by atoms with van der Waals surface area (Å²) in [5, 5.41) is 9.03. The van der Waals surface area contributed by atoms with Crippen LogP contribution in [0.4, 0.5) is 0 Å². The Kier molecular flexibility index (Phi) is 8.89. The molecule has 0 aromatic heterocycles. The van der Waals surface area contributed by atoms with E-state index < -0.39 is 10.7 Å². The van der Waals surface area contributed by atoms with Crippen molar-refractivity contribution in [1.82, 2.24) is 4.90 Å². The first-order chi connectivity index (χ1) is 8.85. The number of rotatable bonds is 10. The van der Waals surface area contributed by atoms with Crippen molar-refractivity contribution < 1.29 is 14.7 Å². The third-order valence-corrected chi connectivity index (χ3v) is 4.28. The number of carbonyl (C=O) groups is 2. The lowest BCUT2D eigenvalue weighted by Crippen LogP contribution is -2.36. The van der Waals surface area contributed by atoms with Crippen molar-refractivity contribution >= 4 is 23.6 Å². The number of carboxylic acid groups (broad SMARTS) is 1. The summed E-state index contributed by atoms with van der Waals surface area (Å²) in [5.74, 6) is -0.576. The number of thioether (sulfide) groups is 1. The molecule has 0 spiro atoms. The fraction of sp³-hybridized carbons (Fsp3) is 0.857. The summed E-state index contributed by atoms with van der Waals surface area (Å²) in [6.07, 6.45) is 4.12. The highest BCUT2D eigenvalue weighted by Crippen LogP contribution is 2.24. The van der Waals surface area contributed by atoms with Gasteiger partial charge < -0.3 is 10.0 Å². The SMILES string of the molecule is CCCCN(CCCC)C(=O)CSC(C)(C)C(=O)O. The van der Waals surface area contributed by atoms with Crippen LogP contribution in [0.3, 0.4) is 0 Å². The lowest BCUT2D eigenvalue weighted by Gasteiger charge is -2.24. The maximum Gasteiger partial charge on any atom is 0.319 e. The van der Waals surface area contributed by atoms with E-state index >= 15 is 0 Å². The molecule has 0 aliphatic carbocycles. The predicted molar refractivity (Wildman–Crippen MR) is 80.6 cm³/mol. The van der Waals surface area contributed by atoms with Gasteiger partial charge in [-0.3, -0.25) is 9.59 Å². The van der Waals surface area contributed by atoms with Gasteiger partial charge in [0.1, 0.15) is 4.75 Å². The molecule has 0 radical (unpaired) electrons. The van der Waals surface area contributed by atoms with Crippen molar-refractivity contribution in [2.24, 2.45) is 0 Å². The van der Waals surface area contributed by atoms with Crippen molar-refractivity contribution in [3.05, 3.63) is 0 Å². The second kappa shape index (κ2) is 9.23. The van der Waals surface area contributed by atoms with Crippen LogP contribution in [0.15, 0.2) is 0 Å². The van der Waals surface area contributed by atoms with Crippen molar-refractivity contribution in [1.29, 1.82) is 0 Å². The highest BCUT2D eigenvalue weighted by molar-refractivity contribution is 8.01. The quantitative estimate of drug-likeness (QED) is 0.671. The Bertz CT molecular complexity index is 284. The molecule has 0 saturated heterocycles. The fourth-order valence-corrected chi connectivity index (χ4v) is 2.24. The van der Waals surface area contributed by atoms with Crippen LogP contribution in [-0.2, 0) is 9.59 Å². The molecule has 5 heteroatoms. The molecule has 1 amide bonds. The Labute approximate surface area is 120 Å². The summed E-state index contributed by atoms with van der Waals surface area (Å²) in [5.41, 5.74) is 0. The topological polar surface area (TPSA) is 57.6 Å². The molecule has 19 heavy (non-hydrogen) atoms. The minimum Gasteiger partial charge on any atom is -0.480 e. The number of hydrogen-bond donors (Lipinski definition) is 1. The number of unbranched alkanes of at least 4 members (excludes halogenated alkanes) is 2. The van der Waals surface area contributed by atoms with E-state index in [2.05, 4.69) is 13.8 Å². The molecule has 0 saturated carbocycles. The molecule has 112 valence electrons. The largest absolute Gasteiger partial charge is 0.480 e. The summed E-state index contributed by atoms with van der Waals surface area (Å²) in [6, 6.07) is 0. The molecular weight excluding hydrogens is 262 g/mol. The van der Waals surface area contributed by atoms with Crippen LogP contribution in [0, 0.1) is 0 Å². The van der Waals surface area contributed by atoms with Crippen molar-refractivity contribution in [2.45, 2.75) is 58.1 Å². The van der Waals surface area contributed by atoms with E-state index in [1.807, 2.05) is 4.90 Å². The van der Waals surface area contributed by atoms with Gasteiger partial charge in [0.25, 0.3) is 0 Å². The van der Waals surface area contributed by atoms with E-state index in [9.17, 15) is 9.59 Å². The minimum absolute atomic E-state index is 0.0567. The summed E-state index contributed by atoms with van der Waals surface area (Å²) < 4.78 is -0.906. The third-order valence-electron chi connectivity index (χ3n) is 2.99. The van der Waals surface area contributed by atoms with Gasteiger partial charge in [-0.1, -0.05) is 26.7 Å². The van der Waals surface area contributed by atoms with Crippen LogP contribution >= 0.6 is 11.8 Å². The smallest absolute Gasteiger partial charge is 0.319 e. The number of carboxylic acids is 1. The van der Waals surface area contributed by atoms with Crippen molar-refractivity contribution in [3.63, 3.8) is 0 Å². The zero-order chi connectivity index (χ0) is 14.9. The molecule has 0 aliphatic heterocycles. The first kappa shape index (κ1) is 18.3. The highest BCUT2D eigenvalue weighted by atomic mass is 32.2. The zero-order valence-electron chi connectivity index (χ0n) is 12.6. The van der Waals surface area contributed by atoms with Gasteiger partial charge in [0.15, 0.2) is 0 Å². The van der Waals surface area contributed by atoms with Crippen molar-refractivity contribution in [2.75, 3.05) is 18.8 Å². The Morgan fingerprint density at radius 1 is 1.11 bits per heavy atom. The second-order valence-corrected chi connectivity index (χ2v) is 6.79. The lowest BCUT2D eigenvalue weighted by atomic mass is 10.2. The van der Waals surface area contributed by atoms with Gasteiger partial charge in [-0.15, -0.1) is 11.8 Å². The Morgan fingerprint density at radius 3 is 1.95 bits per heavy atom. The maximum atomic E-state index is 12.1. The van der Waals surface area contributed by atoms with Crippen molar-refractivity contribution in [3.8, 4) is 0 Å². The van der Waals surface area contributed by atoms with Crippen LogP contribution in [0.25, 0.3) is 0 Å². The van der Waals surface area contributed by atoms with Crippen LogP contribution in [0.2, 0.25) is 0 Å². The average Bonchev–Trinajstić information content (AvgIpc) is 2.36. The summed E-state index contributed by atoms with van der Waals surface area (Å²) in [6.45, 7) is 9.04. The number of carbonyl (C=O) groups excluding carboxylic acids is 1. The molecular formula is C14H27NO3S. The molecule has 0 heterocycles. The van der Waals surface area contributed by atoms with Gasteiger partial charge in [0.2, 0.25) is 5.91 Å². The normalized spacial score (nSPS) is 11.4. The number of amides is 1. The Morgan fingerprint density at radius 2 is 1.58 bits per heavy atom. The van der Waals surface area contributed by atoms with E-state index in [1.165, 1.54) is 11.8 Å². The van der Waals surface area contributed by atoms with E-state index in [-0.39, 0.29) is 11.7 Å². The molecule has 1 N–H and O–H groups in total. The Hall–Kier alpha value is -0.710. The van der Waals surface area contributed by atoms with Gasteiger partial charge in [0.05, 0.1) is 5.75 Å². The van der Waals surface area contributed by atoms with Gasteiger partial charge in [0, 0.05) is 13.1 Å². The summed E-state index contributed by atoms with van der Waals surface area (Å²) in [7, 11) is 0. The van der Waals surface area contributed by atoms with Gasteiger partial charge in [-0.05, 0) is 26.7 Å². The predicted octanol–water partition coefficient (Wildman–Crippen LogP) is 3.01. The van der Waals surface area contributed by atoms with Gasteiger partial charge in [-0.25, -0.2) is 0 Å². The molecule has 0 aromatic carbocycles. The Balaban J connectivity index is 4.34. The van der Waals surface area contributed by atoms with E-state index in [0.717, 1.165) is 38.8 Å². The fourth-order valence-electron chi connectivity index (χ4n) is 1.45. The van der Waals surface area contributed by atoms with Crippen LogP contribution in [0.5, 0.6) is 0 Å². The lowest BCUT2D eigenvalue weighted by molar-refractivity contribution is -0.138. The average molecular weight is 289 g/mol. The number of aliphatic carboxylic acids is 1. The minimum atomic E-state index is -0.906. The monoisotopic (exact) mass is 289 g/mol. The molecule has 0 fully saturated rings. The second-order valence-electron chi connectivity index (χ2n) is 5.19. The molecule has 0 aliphatic rings. The van der Waals surface area contributed by atoms with Crippen LogP contribution in [0.1, 0.15) is 53.4 Å². The molecule has 0 atom stereocenters. The molecule has 0 aromatic rings. The van der Waals surface area contributed by atoms with E-state index in [0.29, 0.717) is 0 Å². The first-order valence-corrected chi connectivity index (χ1v) is 7.98. The first-order valence-electron chi connectivity index (χ1n) is 7.00. The van der Waals surface area contributed by atoms with Crippen LogP contribution in [-0.4, -0.2) is 45.5 Å². The van der Waals surface area contributed by atoms with Crippen LogP contribution < -0.4 is 0 Å². The van der Waals surface area contributed by atoms with Gasteiger partial charge >= 0.3 is 5.97 Å².